The second kappa shape index (κ2) is 12.5. The Balaban J connectivity index is 1.36. The van der Waals surface area contributed by atoms with E-state index in [1.165, 1.54) is 11.8 Å². The van der Waals surface area contributed by atoms with E-state index < -0.39 is 0 Å². The van der Waals surface area contributed by atoms with Gasteiger partial charge in [0.05, 0.1) is 22.8 Å². The van der Waals surface area contributed by atoms with Crippen molar-refractivity contribution >= 4 is 34.5 Å². The second-order valence-electron chi connectivity index (χ2n) is 8.46. The monoisotopic (exact) mass is 494 g/mol. The predicted molar refractivity (Wildman–Crippen MR) is 136 cm³/mol. The lowest BCUT2D eigenvalue weighted by Gasteiger charge is -2.14. The van der Waals surface area contributed by atoms with Gasteiger partial charge in [0, 0.05) is 32.7 Å². The number of nitrogens with one attached hydrogen (secondary N) is 2. The number of aromatic nitrogens is 2. The first-order valence-electron chi connectivity index (χ1n) is 11.9. The van der Waals surface area contributed by atoms with Crippen molar-refractivity contribution < 1.29 is 14.3 Å². The molecule has 1 fully saturated rings. The van der Waals surface area contributed by atoms with Gasteiger partial charge in [-0.15, -0.1) is 0 Å². The van der Waals surface area contributed by atoms with E-state index in [1.54, 1.807) is 22.8 Å². The molecule has 35 heavy (non-hydrogen) atoms. The fourth-order valence-electron chi connectivity index (χ4n) is 3.95. The van der Waals surface area contributed by atoms with Gasteiger partial charge in [-0.2, -0.15) is 0 Å². The molecule has 8 nitrogen and oxygen atoms in total. The highest BCUT2D eigenvalue weighted by Crippen LogP contribution is 2.18. The molecule has 0 spiro atoms. The molecule has 4 rings (SSSR count). The van der Waals surface area contributed by atoms with Crippen molar-refractivity contribution in [3.05, 3.63) is 70.5 Å². The van der Waals surface area contributed by atoms with Crippen LogP contribution in [0.4, 0.5) is 0 Å². The SMILES string of the molecule is O=C(CCCn1c(SCC(=O)NC[C@H]2CCCO2)nc2ccccc2c1=O)NCc1ccccc1. The van der Waals surface area contributed by atoms with E-state index in [4.69, 9.17) is 4.74 Å². The number of carbonyl (C=O) groups excluding carboxylic acids is 2. The van der Waals surface area contributed by atoms with Crippen LogP contribution in [0, 0.1) is 0 Å². The lowest BCUT2D eigenvalue weighted by molar-refractivity contribution is -0.121. The normalized spacial score (nSPS) is 15.3. The van der Waals surface area contributed by atoms with Crippen molar-refractivity contribution in [3.63, 3.8) is 0 Å². The third-order valence-electron chi connectivity index (χ3n) is 5.83. The molecule has 2 amide bonds. The second-order valence-corrected chi connectivity index (χ2v) is 9.40. The molecular formula is C26H30N4O4S. The summed E-state index contributed by atoms with van der Waals surface area (Å²) in [7, 11) is 0. The maximum atomic E-state index is 13.2. The topological polar surface area (TPSA) is 102 Å². The molecule has 9 heteroatoms. The number of amides is 2. The zero-order chi connectivity index (χ0) is 24.5. The zero-order valence-electron chi connectivity index (χ0n) is 19.6. The number of ether oxygens (including phenoxy) is 1. The first kappa shape index (κ1) is 24.9. The quantitative estimate of drug-likeness (QED) is 0.314. The van der Waals surface area contributed by atoms with Crippen molar-refractivity contribution in [2.45, 2.75) is 50.0 Å². The van der Waals surface area contributed by atoms with Gasteiger partial charge in [0.25, 0.3) is 5.56 Å². The van der Waals surface area contributed by atoms with E-state index in [9.17, 15) is 14.4 Å². The largest absolute Gasteiger partial charge is 0.376 e. The fourth-order valence-corrected chi connectivity index (χ4v) is 4.81. The summed E-state index contributed by atoms with van der Waals surface area (Å²) in [5, 5.41) is 6.81. The van der Waals surface area contributed by atoms with Gasteiger partial charge >= 0.3 is 0 Å². The van der Waals surface area contributed by atoms with Crippen LogP contribution in [-0.2, 0) is 27.4 Å². The highest BCUT2D eigenvalue weighted by atomic mass is 32.2. The summed E-state index contributed by atoms with van der Waals surface area (Å²) in [6.07, 6.45) is 2.83. The minimum atomic E-state index is -0.164. The average molecular weight is 495 g/mol. The van der Waals surface area contributed by atoms with Crippen molar-refractivity contribution in [3.8, 4) is 0 Å². The highest BCUT2D eigenvalue weighted by Gasteiger charge is 2.17. The van der Waals surface area contributed by atoms with Crippen LogP contribution in [0.1, 0.15) is 31.2 Å². The molecule has 0 radical (unpaired) electrons. The molecule has 0 saturated carbocycles. The summed E-state index contributed by atoms with van der Waals surface area (Å²) >= 11 is 1.23. The van der Waals surface area contributed by atoms with Gasteiger partial charge in [-0.05, 0) is 37.0 Å². The number of benzene rings is 2. The van der Waals surface area contributed by atoms with Gasteiger partial charge in [-0.1, -0.05) is 54.2 Å². The molecule has 0 unspecified atom stereocenters. The predicted octanol–water partition coefficient (Wildman–Crippen LogP) is 2.88. The van der Waals surface area contributed by atoms with Crippen LogP contribution in [0.15, 0.2) is 64.5 Å². The standard InChI is InChI=1S/C26H30N4O4S/c31-23(27-16-19-8-2-1-3-9-19)13-6-14-30-25(33)21-11-4-5-12-22(21)29-26(30)35-18-24(32)28-17-20-10-7-15-34-20/h1-5,8-9,11-12,20H,6-7,10,13-18H2,(H,27,31)(H,28,32)/t20-/m1/s1. The summed E-state index contributed by atoms with van der Waals surface area (Å²) in [5.74, 6) is -0.0483. The smallest absolute Gasteiger partial charge is 0.262 e. The van der Waals surface area contributed by atoms with Gasteiger partial charge in [-0.25, -0.2) is 4.98 Å². The van der Waals surface area contributed by atoms with Crippen LogP contribution in [0.3, 0.4) is 0 Å². The molecule has 1 aliphatic heterocycles. The number of hydrogen-bond acceptors (Lipinski definition) is 6. The summed E-state index contributed by atoms with van der Waals surface area (Å²) < 4.78 is 7.12. The number of para-hydroxylation sites is 1. The molecule has 0 aliphatic carbocycles. The van der Waals surface area contributed by atoms with Crippen LogP contribution in [0.5, 0.6) is 0 Å². The Kier molecular flexibility index (Phi) is 8.91. The number of hydrogen-bond donors (Lipinski definition) is 2. The third-order valence-corrected chi connectivity index (χ3v) is 6.80. The van der Waals surface area contributed by atoms with E-state index in [1.807, 2.05) is 36.4 Å². The molecule has 1 aromatic heterocycles. The number of nitrogens with zero attached hydrogens (tertiary/aromatic N) is 2. The molecule has 2 N–H and O–H groups in total. The number of carbonyl (C=O) groups is 2. The Morgan fingerprint density at radius 1 is 1.06 bits per heavy atom. The molecule has 3 aromatic rings. The van der Waals surface area contributed by atoms with Crippen molar-refractivity contribution in [1.82, 2.24) is 20.2 Å². The van der Waals surface area contributed by atoms with E-state index in [0.29, 0.717) is 42.1 Å². The van der Waals surface area contributed by atoms with Gasteiger partial charge < -0.3 is 15.4 Å². The third kappa shape index (κ3) is 7.16. The molecule has 1 atom stereocenters. The number of rotatable bonds is 11. The molecule has 1 aliphatic rings. The van der Waals surface area contributed by atoms with E-state index >= 15 is 0 Å². The van der Waals surface area contributed by atoms with Crippen molar-refractivity contribution in [1.29, 1.82) is 0 Å². The lowest BCUT2D eigenvalue weighted by atomic mass is 10.2. The maximum Gasteiger partial charge on any atom is 0.262 e. The minimum absolute atomic E-state index is 0.0710. The Morgan fingerprint density at radius 3 is 2.66 bits per heavy atom. The number of fused-ring (bicyclic) bond motifs is 1. The first-order chi connectivity index (χ1) is 17.1. The summed E-state index contributed by atoms with van der Waals surface area (Å²) in [6, 6.07) is 16.9. The van der Waals surface area contributed by atoms with Crippen LogP contribution < -0.4 is 16.2 Å². The molecule has 2 aromatic carbocycles. The number of thioether (sulfide) groups is 1. The van der Waals surface area contributed by atoms with Crippen LogP contribution in [0.2, 0.25) is 0 Å². The van der Waals surface area contributed by atoms with E-state index in [2.05, 4.69) is 15.6 Å². The van der Waals surface area contributed by atoms with E-state index in [0.717, 1.165) is 25.0 Å². The van der Waals surface area contributed by atoms with Crippen LogP contribution in [0.25, 0.3) is 10.9 Å². The first-order valence-corrected chi connectivity index (χ1v) is 12.9. The Morgan fingerprint density at radius 2 is 1.86 bits per heavy atom. The molecule has 1 saturated heterocycles. The van der Waals surface area contributed by atoms with Crippen LogP contribution in [-0.4, -0.2) is 46.4 Å². The van der Waals surface area contributed by atoms with Gasteiger partial charge in [0.1, 0.15) is 0 Å². The maximum absolute atomic E-state index is 13.2. The van der Waals surface area contributed by atoms with Crippen LogP contribution >= 0.6 is 11.8 Å². The Bertz CT molecular complexity index is 1210. The fraction of sp³-hybridized carbons (Fsp3) is 0.385. The lowest BCUT2D eigenvalue weighted by Crippen LogP contribution is -2.33. The highest BCUT2D eigenvalue weighted by molar-refractivity contribution is 7.99. The zero-order valence-corrected chi connectivity index (χ0v) is 20.4. The van der Waals surface area contributed by atoms with Gasteiger partial charge in [0.2, 0.25) is 11.8 Å². The average Bonchev–Trinajstić information content (AvgIpc) is 3.41. The summed E-state index contributed by atoms with van der Waals surface area (Å²) in [4.78, 5) is 42.5. The Hall–Kier alpha value is -3.17. The van der Waals surface area contributed by atoms with Gasteiger partial charge in [-0.3, -0.25) is 19.0 Å². The van der Waals surface area contributed by atoms with Gasteiger partial charge in [0.15, 0.2) is 5.16 Å². The minimum Gasteiger partial charge on any atom is -0.376 e. The van der Waals surface area contributed by atoms with Crippen molar-refractivity contribution in [2.24, 2.45) is 0 Å². The molecule has 0 bridgehead atoms. The van der Waals surface area contributed by atoms with Crippen molar-refractivity contribution in [2.75, 3.05) is 18.9 Å². The molecular weight excluding hydrogens is 464 g/mol. The summed E-state index contributed by atoms with van der Waals surface area (Å²) in [6.45, 7) is 2.05. The molecule has 2 heterocycles. The Labute approximate surface area is 208 Å². The molecule has 184 valence electrons. The summed E-state index contributed by atoms with van der Waals surface area (Å²) in [5.41, 5.74) is 1.46. The van der Waals surface area contributed by atoms with E-state index in [-0.39, 0.29) is 35.7 Å².